The Morgan fingerprint density at radius 1 is 1.90 bits per heavy atom. The molecule has 3 nitrogen and oxygen atoms in total. The van der Waals surface area contributed by atoms with E-state index in [-0.39, 0.29) is 0 Å². The van der Waals surface area contributed by atoms with Crippen LogP contribution in [0.5, 0.6) is 0 Å². The van der Waals surface area contributed by atoms with Gasteiger partial charge in [0.15, 0.2) is 0 Å². The van der Waals surface area contributed by atoms with E-state index in [4.69, 9.17) is 10.00 Å². The van der Waals surface area contributed by atoms with Gasteiger partial charge >= 0.3 is 0 Å². The van der Waals surface area contributed by atoms with Gasteiger partial charge in [-0.25, -0.2) is 0 Å². The van der Waals surface area contributed by atoms with Crippen LogP contribution in [0.4, 0.5) is 0 Å². The predicted octanol–water partition coefficient (Wildman–Crippen LogP) is 0.998. The van der Waals surface area contributed by atoms with E-state index in [2.05, 4.69) is 10.9 Å². The lowest BCUT2D eigenvalue weighted by molar-refractivity contribution is 0.284. The monoisotopic (exact) mass is 134 g/mol. The van der Waals surface area contributed by atoms with Gasteiger partial charge < -0.3 is 4.74 Å². The molecule has 1 rings (SSSR count). The highest BCUT2D eigenvalue weighted by Crippen LogP contribution is 2.12. The summed E-state index contributed by atoms with van der Waals surface area (Å²) in [6, 6.07) is 1.99. The molecule has 0 atom stereocenters. The van der Waals surface area contributed by atoms with Gasteiger partial charge in [0, 0.05) is 6.42 Å². The van der Waals surface area contributed by atoms with Gasteiger partial charge in [-0.05, 0) is 11.9 Å². The number of hydrogen-bond acceptors (Lipinski definition) is 3. The minimum Gasteiger partial charge on any atom is -0.480 e. The van der Waals surface area contributed by atoms with Gasteiger partial charge in [0.1, 0.15) is 6.07 Å². The Morgan fingerprint density at radius 2 is 2.70 bits per heavy atom. The van der Waals surface area contributed by atoms with E-state index in [0.717, 1.165) is 0 Å². The summed E-state index contributed by atoms with van der Waals surface area (Å²) >= 11 is 0. The van der Waals surface area contributed by atoms with Gasteiger partial charge in [0.25, 0.3) is 0 Å². The SMILES string of the molecule is COC1=C(C#N)CC=C=N1. The summed E-state index contributed by atoms with van der Waals surface area (Å²) in [7, 11) is 1.49. The van der Waals surface area contributed by atoms with Gasteiger partial charge in [-0.3, -0.25) is 0 Å². The molecule has 0 radical (unpaired) electrons. The summed E-state index contributed by atoms with van der Waals surface area (Å²) in [6.07, 6.45) is 2.27. The average Bonchev–Trinajstić information content (AvgIpc) is 2.04. The summed E-state index contributed by atoms with van der Waals surface area (Å²) in [5, 5.41) is 8.50. The van der Waals surface area contributed by atoms with E-state index in [1.165, 1.54) is 7.11 Å². The summed E-state index contributed by atoms with van der Waals surface area (Å²) in [6.45, 7) is 0. The van der Waals surface area contributed by atoms with Gasteiger partial charge in [0.2, 0.25) is 5.88 Å². The standard InChI is InChI=1S/C7H6N2O/c1-10-7-6(5-8)3-2-4-9-7/h2H,3H2,1H3. The maximum Gasteiger partial charge on any atom is 0.235 e. The summed E-state index contributed by atoms with van der Waals surface area (Å²) in [4.78, 5) is 3.73. The number of rotatable bonds is 1. The van der Waals surface area contributed by atoms with Gasteiger partial charge in [-0.15, -0.1) is 0 Å². The molecular weight excluding hydrogens is 128 g/mol. The number of methoxy groups -OCH3 is 1. The summed E-state index contributed by atoms with van der Waals surface area (Å²) in [5.74, 6) is 3.00. The lowest BCUT2D eigenvalue weighted by atomic mass is 10.2. The second-order valence-electron chi connectivity index (χ2n) is 1.75. The zero-order valence-electron chi connectivity index (χ0n) is 5.59. The van der Waals surface area contributed by atoms with Crippen molar-refractivity contribution in [1.29, 1.82) is 5.26 Å². The second-order valence-corrected chi connectivity index (χ2v) is 1.75. The highest BCUT2D eigenvalue weighted by Gasteiger charge is 2.05. The maximum absolute atomic E-state index is 8.50. The van der Waals surface area contributed by atoms with Crippen molar-refractivity contribution in [3.63, 3.8) is 0 Å². The van der Waals surface area contributed by atoms with Gasteiger partial charge in [-0.1, -0.05) is 0 Å². The Bertz CT molecular complexity index is 264. The van der Waals surface area contributed by atoms with E-state index in [1.54, 1.807) is 6.08 Å². The Hall–Kier alpha value is -1.52. The molecule has 0 saturated carbocycles. The van der Waals surface area contributed by atoms with Crippen molar-refractivity contribution < 1.29 is 4.74 Å². The van der Waals surface area contributed by atoms with Crippen LogP contribution < -0.4 is 0 Å². The fraction of sp³-hybridized carbons (Fsp3) is 0.286. The maximum atomic E-state index is 8.50. The molecule has 0 aromatic heterocycles. The van der Waals surface area contributed by atoms with Gasteiger partial charge in [-0.2, -0.15) is 10.3 Å². The first-order chi connectivity index (χ1) is 4.88. The highest BCUT2D eigenvalue weighted by molar-refractivity contribution is 5.57. The van der Waals surface area contributed by atoms with Crippen molar-refractivity contribution in [3.05, 3.63) is 17.5 Å². The quantitative estimate of drug-likeness (QED) is 0.537. The Morgan fingerprint density at radius 3 is 3.20 bits per heavy atom. The minimum absolute atomic E-state index is 0.380. The topological polar surface area (TPSA) is 45.4 Å². The lowest BCUT2D eigenvalue weighted by Crippen LogP contribution is -1.92. The molecule has 1 heterocycles. The molecule has 50 valence electrons. The molecular formula is C7H6N2O. The molecule has 0 aromatic carbocycles. The molecule has 0 aliphatic carbocycles. The number of nitrogens with zero attached hydrogens (tertiary/aromatic N) is 2. The molecule has 0 amide bonds. The smallest absolute Gasteiger partial charge is 0.235 e. The van der Waals surface area contributed by atoms with Crippen LogP contribution in [0, 0.1) is 11.3 Å². The van der Waals surface area contributed by atoms with E-state index in [9.17, 15) is 0 Å². The van der Waals surface area contributed by atoms with Crippen molar-refractivity contribution in [2.75, 3.05) is 7.11 Å². The van der Waals surface area contributed by atoms with Crippen molar-refractivity contribution >= 4 is 5.87 Å². The fourth-order valence-corrected chi connectivity index (χ4v) is 0.669. The van der Waals surface area contributed by atoms with Crippen LogP contribution >= 0.6 is 0 Å². The number of hydrogen-bond donors (Lipinski definition) is 0. The van der Waals surface area contributed by atoms with Crippen LogP contribution in [-0.4, -0.2) is 13.0 Å². The van der Waals surface area contributed by atoms with E-state index in [1.807, 2.05) is 6.07 Å². The zero-order valence-corrected chi connectivity index (χ0v) is 5.59. The third kappa shape index (κ3) is 1.07. The van der Waals surface area contributed by atoms with Crippen molar-refractivity contribution in [1.82, 2.24) is 0 Å². The molecule has 0 unspecified atom stereocenters. The first-order valence-corrected chi connectivity index (χ1v) is 2.83. The van der Waals surface area contributed by atoms with Crippen LogP contribution in [-0.2, 0) is 4.74 Å². The van der Waals surface area contributed by atoms with Crippen LogP contribution in [0.1, 0.15) is 6.42 Å². The molecule has 1 aliphatic rings. The van der Waals surface area contributed by atoms with Crippen LogP contribution in [0.15, 0.2) is 22.5 Å². The average molecular weight is 134 g/mol. The second kappa shape index (κ2) is 2.86. The van der Waals surface area contributed by atoms with Crippen molar-refractivity contribution in [3.8, 4) is 6.07 Å². The van der Waals surface area contributed by atoms with Crippen LogP contribution in [0.2, 0.25) is 0 Å². The number of nitriles is 1. The first kappa shape index (κ1) is 6.60. The number of ether oxygens (including phenoxy) is 1. The van der Waals surface area contributed by atoms with Crippen molar-refractivity contribution in [2.24, 2.45) is 4.99 Å². The first-order valence-electron chi connectivity index (χ1n) is 2.83. The normalized spacial score (nSPS) is 15.2. The molecule has 0 spiro atoms. The third-order valence-corrected chi connectivity index (χ3v) is 1.15. The molecule has 0 N–H and O–H groups in total. The number of aliphatic imine (C=N–C) groups is 1. The van der Waals surface area contributed by atoms with E-state index >= 15 is 0 Å². The Kier molecular flexibility index (Phi) is 1.89. The third-order valence-electron chi connectivity index (χ3n) is 1.15. The zero-order chi connectivity index (χ0) is 7.40. The lowest BCUT2D eigenvalue weighted by Gasteiger charge is -2.01. The molecule has 10 heavy (non-hydrogen) atoms. The largest absolute Gasteiger partial charge is 0.480 e. The minimum atomic E-state index is 0.380. The number of allylic oxidation sites excluding steroid dienone is 2. The van der Waals surface area contributed by atoms with E-state index < -0.39 is 0 Å². The molecule has 0 bridgehead atoms. The molecule has 0 aromatic rings. The molecule has 0 fully saturated rings. The fourth-order valence-electron chi connectivity index (χ4n) is 0.669. The molecule has 3 heteroatoms. The molecule has 1 aliphatic heterocycles. The van der Waals surface area contributed by atoms with Gasteiger partial charge in [0.05, 0.1) is 12.7 Å². The van der Waals surface area contributed by atoms with Crippen LogP contribution in [0.25, 0.3) is 0 Å². The molecule has 0 saturated heterocycles. The highest BCUT2D eigenvalue weighted by atomic mass is 16.5. The Labute approximate surface area is 58.9 Å². The van der Waals surface area contributed by atoms with Crippen LogP contribution in [0.3, 0.4) is 0 Å². The Balaban J connectivity index is 2.98. The summed E-state index contributed by atoms with van der Waals surface area (Å²) in [5.41, 5.74) is 0.557. The predicted molar refractivity (Wildman–Crippen MR) is 36.3 cm³/mol. The van der Waals surface area contributed by atoms with Crippen molar-refractivity contribution in [2.45, 2.75) is 6.42 Å². The summed E-state index contributed by atoms with van der Waals surface area (Å²) < 4.78 is 4.80. The van der Waals surface area contributed by atoms with E-state index in [0.29, 0.717) is 17.9 Å².